The molecule has 0 aromatic rings. The highest BCUT2D eigenvalue weighted by atomic mass is 16.1. The Labute approximate surface area is 123 Å². The standard InChI is InChI=1S/C18H30O2/c1-12-4-8-16(9-5-12)18(20)11-15-7-6-13(2)17(10-15)14(3)19/h12-13,15-17H,4-11H2,1-3H3. The highest BCUT2D eigenvalue weighted by Crippen LogP contribution is 2.38. The molecule has 0 amide bonds. The Bertz CT molecular complexity index is 352. The van der Waals surface area contributed by atoms with Crippen molar-refractivity contribution in [3.63, 3.8) is 0 Å². The smallest absolute Gasteiger partial charge is 0.136 e. The van der Waals surface area contributed by atoms with Crippen LogP contribution in [-0.4, -0.2) is 11.6 Å². The number of Topliss-reactive ketones (excluding diaryl/α,β-unsaturated/α-hetero) is 2. The summed E-state index contributed by atoms with van der Waals surface area (Å²) in [5.41, 5.74) is 0. The Kier molecular flexibility index (Phi) is 5.40. The van der Waals surface area contributed by atoms with Crippen molar-refractivity contribution in [2.24, 2.45) is 29.6 Å². The van der Waals surface area contributed by atoms with E-state index in [0.29, 0.717) is 29.3 Å². The third-order valence-electron chi connectivity index (χ3n) is 5.79. The van der Waals surface area contributed by atoms with Crippen LogP contribution in [0.5, 0.6) is 0 Å². The normalized spacial score (nSPS) is 38.5. The van der Waals surface area contributed by atoms with Crippen LogP contribution in [0.1, 0.15) is 72.1 Å². The highest BCUT2D eigenvalue weighted by Gasteiger charge is 2.33. The summed E-state index contributed by atoms with van der Waals surface area (Å²) in [6, 6.07) is 0. The Morgan fingerprint density at radius 1 is 0.950 bits per heavy atom. The first-order valence-corrected chi connectivity index (χ1v) is 8.50. The molecule has 20 heavy (non-hydrogen) atoms. The van der Waals surface area contributed by atoms with Crippen LogP contribution in [0, 0.1) is 29.6 Å². The average molecular weight is 278 g/mol. The van der Waals surface area contributed by atoms with E-state index in [4.69, 9.17) is 0 Å². The predicted molar refractivity (Wildman–Crippen MR) is 81.4 cm³/mol. The molecule has 0 heterocycles. The quantitative estimate of drug-likeness (QED) is 0.763. The highest BCUT2D eigenvalue weighted by molar-refractivity contribution is 5.82. The van der Waals surface area contributed by atoms with Crippen LogP contribution < -0.4 is 0 Å². The lowest BCUT2D eigenvalue weighted by Crippen LogP contribution is -2.30. The molecule has 2 aliphatic rings. The first-order valence-electron chi connectivity index (χ1n) is 8.50. The summed E-state index contributed by atoms with van der Waals surface area (Å²) in [7, 11) is 0. The Hall–Kier alpha value is -0.660. The molecule has 2 rings (SSSR count). The van der Waals surface area contributed by atoms with Crippen LogP contribution in [0.2, 0.25) is 0 Å². The summed E-state index contributed by atoms with van der Waals surface area (Å²) in [6.45, 7) is 6.20. The van der Waals surface area contributed by atoms with Gasteiger partial charge in [-0.3, -0.25) is 9.59 Å². The average Bonchev–Trinajstić information content (AvgIpc) is 2.41. The molecule has 0 N–H and O–H groups in total. The van der Waals surface area contributed by atoms with Crippen LogP contribution in [0.25, 0.3) is 0 Å². The monoisotopic (exact) mass is 278 g/mol. The van der Waals surface area contributed by atoms with Crippen LogP contribution in [-0.2, 0) is 9.59 Å². The van der Waals surface area contributed by atoms with Gasteiger partial charge in [-0.15, -0.1) is 0 Å². The van der Waals surface area contributed by atoms with E-state index in [1.54, 1.807) is 6.92 Å². The number of rotatable bonds is 4. The topological polar surface area (TPSA) is 34.1 Å². The molecule has 2 nitrogen and oxygen atoms in total. The van der Waals surface area contributed by atoms with Crippen molar-refractivity contribution in [3.8, 4) is 0 Å². The summed E-state index contributed by atoms with van der Waals surface area (Å²) in [5, 5.41) is 0. The summed E-state index contributed by atoms with van der Waals surface area (Å²) < 4.78 is 0. The molecule has 3 unspecified atom stereocenters. The molecule has 114 valence electrons. The molecule has 3 atom stereocenters. The molecule has 0 aromatic carbocycles. The van der Waals surface area contributed by atoms with E-state index in [-0.39, 0.29) is 5.92 Å². The number of ketones is 2. The minimum atomic E-state index is 0.202. The fourth-order valence-corrected chi connectivity index (χ4v) is 4.19. The zero-order chi connectivity index (χ0) is 14.7. The largest absolute Gasteiger partial charge is 0.300 e. The van der Waals surface area contributed by atoms with Crippen LogP contribution in [0.3, 0.4) is 0 Å². The fraction of sp³-hybridized carbons (Fsp3) is 0.889. The SMILES string of the molecule is CC(=O)C1CC(CC(=O)C2CCC(C)CC2)CCC1C. The van der Waals surface area contributed by atoms with Crippen LogP contribution >= 0.6 is 0 Å². The molecule has 0 bridgehead atoms. The van der Waals surface area contributed by atoms with Gasteiger partial charge < -0.3 is 0 Å². The van der Waals surface area contributed by atoms with Gasteiger partial charge in [-0.05, 0) is 56.8 Å². The molecule has 0 spiro atoms. The minimum absolute atomic E-state index is 0.202. The Morgan fingerprint density at radius 2 is 1.60 bits per heavy atom. The maximum absolute atomic E-state index is 12.4. The predicted octanol–water partition coefficient (Wildman–Crippen LogP) is 4.41. The van der Waals surface area contributed by atoms with Gasteiger partial charge in [0.15, 0.2) is 0 Å². The van der Waals surface area contributed by atoms with Gasteiger partial charge in [-0.1, -0.05) is 26.7 Å². The number of carbonyl (C=O) groups is 2. The molecule has 2 heteroatoms. The van der Waals surface area contributed by atoms with E-state index < -0.39 is 0 Å². The van der Waals surface area contributed by atoms with Gasteiger partial charge in [0, 0.05) is 18.3 Å². The molecule has 2 fully saturated rings. The van der Waals surface area contributed by atoms with Crippen molar-refractivity contribution < 1.29 is 9.59 Å². The van der Waals surface area contributed by atoms with Crippen molar-refractivity contribution in [2.45, 2.75) is 72.1 Å². The number of hydrogen-bond acceptors (Lipinski definition) is 2. The molecule has 0 radical (unpaired) electrons. The lowest BCUT2D eigenvalue weighted by molar-refractivity contribution is -0.128. The maximum atomic E-state index is 12.4. The molecule has 0 aromatic heterocycles. The van der Waals surface area contributed by atoms with E-state index >= 15 is 0 Å². The molecular formula is C18H30O2. The third kappa shape index (κ3) is 3.93. The van der Waals surface area contributed by atoms with E-state index in [1.165, 1.54) is 12.8 Å². The van der Waals surface area contributed by atoms with Gasteiger partial charge in [0.1, 0.15) is 11.6 Å². The second-order valence-electron chi connectivity index (χ2n) is 7.50. The van der Waals surface area contributed by atoms with Crippen LogP contribution in [0.4, 0.5) is 0 Å². The molecular weight excluding hydrogens is 248 g/mol. The van der Waals surface area contributed by atoms with E-state index in [2.05, 4.69) is 13.8 Å². The van der Waals surface area contributed by atoms with E-state index in [9.17, 15) is 9.59 Å². The van der Waals surface area contributed by atoms with Crippen LogP contribution in [0.15, 0.2) is 0 Å². The number of hydrogen-bond donors (Lipinski definition) is 0. The van der Waals surface area contributed by atoms with Crippen molar-refractivity contribution in [1.29, 1.82) is 0 Å². The van der Waals surface area contributed by atoms with Crippen molar-refractivity contribution in [1.82, 2.24) is 0 Å². The molecule has 2 saturated carbocycles. The van der Waals surface area contributed by atoms with Gasteiger partial charge in [0.2, 0.25) is 0 Å². The van der Waals surface area contributed by atoms with Gasteiger partial charge in [0.05, 0.1) is 0 Å². The van der Waals surface area contributed by atoms with Gasteiger partial charge >= 0.3 is 0 Å². The molecule has 2 aliphatic carbocycles. The fourth-order valence-electron chi connectivity index (χ4n) is 4.19. The van der Waals surface area contributed by atoms with Gasteiger partial charge in [0.25, 0.3) is 0 Å². The summed E-state index contributed by atoms with van der Waals surface area (Å²) in [6.07, 6.45) is 8.56. The lowest BCUT2D eigenvalue weighted by atomic mass is 9.70. The third-order valence-corrected chi connectivity index (χ3v) is 5.79. The Morgan fingerprint density at radius 3 is 2.20 bits per heavy atom. The summed E-state index contributed by atoms with van der Waals surface area (Å²) in [5.74, 6) is 3.10. The zero-order valence-electron chi connectivity index (χ0n) is 13.4. The van der Waals surface area contributed by atoms with Gasteiger partial charge in [-0.2, -0.15) is 0 Å². The number of carbonyl (C=O) groups excluding carboxylic acids is 2. The van der Waals surface area contributed by atoms with Crippen molar-refractivity contribution in [2.75, 3.05) is 0 Å². The first kappa shape index (κ1) is 15.7. The molecule has 0 saturated heterocycles. The van der Waals surface area contributed by atoms with E-state index in [1.807, 2.05) is 0 Å². The lowest BCUT2D eigenvalue weighted by Gasteiger charge is -2.33. The van der Waals surface area contributed by atoms with Gasteiger partial charge in [-0.25, -0.2) is 0 Å². The van der Waals surface area contributed by atoms with Crippen molar-refractivity contribution in [3.05, 3.63) is 0 Å². The zero-order valence-corrected chi connectivity index (χ0v) is 13.4. The Balaban J connectivity index is 1.83. The second kappa shape index (κ2) is 6.87. The summed E-state index contributed by atoms with van der Waals surface area (Å²) in [4.78, 5) is 24.1. The molecule has 0 aliphatic heterocycles. The van der Waals surface area contributed by atoms with E-state index in [0.717, 1.165) is 44.4 Å². The second-order valence-corrected chi connectivity index (χ2v) is 7.50. The summed E-state index contributed by atoms with van der Waals surface area (Å²) >= 11 is 0. The van der Waals surface area contributed by atoms with Crippen molar-refractivity contribution >= 4 is 11.6 Å². The maximum Gasteiger partial charge on any atom is 0.136 e. The minimum Gasteiger partial charge on any atom is -0.300 e. The first-order chi connectivity index (χ1) is 9.47.